The molecule has 2 aromatic rings. The van der Waals surface area contributed by atoms with E-state index in [1.807, 2.05) is 19.1 Å². The summed E-state index contributed by atoms with van der Waals surface area (Å²) in [6, 6.07) is 7.88. The zero-order chi connectivity index (χ0) is 13.8. The van der Waals surface area contributed by atoms with Crippen molar-refractivity contribution in [2.24, 2.45) is 0 Å². The molecule has 2 rings (SSSR count). The topological polar surface area (TPSA) is 42.9 Å². The summed E-state index contributed by atoms with van der Waals surface area (Å²) >= 11 is 0. The van der Waals surface area contributed by atoms with Gasteiger partial charge >= 0.3 is 0 Å². The van der Waals surface area contributed by atoms with Crippen LogP contribution in [-0.2, 0) is 6.42 Å². The quantitative estimate of drug-likeness (QED) is 0.786. The number of aryl methyl sites for hydroxylation is 1. The first kappa shape index (κ1) is 13.4. The van der Waals surface area contributed by atoms with Gasteiger partial charge in [0.1, 0.15) is 6.33 Å². The Kier molecular flexibility index (Phi) is 4.05. The Bertz CT molecular complexity index is 577. The predicted molar refractivity (Wildman–Crippen MR) is 75.3 cm³/mol. The van der Waals surface area contributed by atoms with E-state index < -0.39 is 0 Å². The van der Waals surface area contributed by atoms with Crippen LogP contribution in [0.2, 0.25) is 0 Å². The molecule has 0 bridgehead atoms. The molecule has 3 heteroatoms. The van der Waals surface area contributed by atoms with Crippen LogP contribution < -0.4 is 0 Å². The monoisotopic (exact) mass is 254 g/mol. The molecule has 98 valence electrons. The zero-order valence-corrected chi connectivity index (χ0v) is 11.6. The number of carbonyl (C=O) groups excluding carboxylic acids is 1. The van der Waals surface area contributed by atoms with E-state index >= 15 is 0 Å². The number of hydrogen-bond donors (Lipinski definition) is 0. The van der Waals surface area contributed by atoms with Crippen LogP contribution in [0, 0.1) is 6.92 Å². The van der Waals surface area contributed by atoms with Gasteiger partial charge < -0.3 is 0 Å². The molecule has 3 nitrogen and oxygen atoms in total. The predicted octanol–water partition coefficient (Wildman–Crippen LogP) is 3.33. The molecule has 0 radical (unpaired) electrons. The highest BCUT2D eigenvalue weighted by Gasteiger charge is 2.12. The van der Waals surface area contributed by atoms with Crippen LogP contribution in [0.1, 0.15) is 46.9 Å². The van der Waals surface area contributed by atoms with Crippen molar-refractivity contribution in [3.05, 3.63) is 59.2 Å². The summed E-state index contributed by atoms with van der Waals surface area (Å²) in [6.45, 7) is 6.23. The molecule has 0 aliphatic carbocycles. The fraction of sp³-hybridized carbons (Fsp3) is 0.312. The summed E-state index contributed by atoms with van der Waals surface area (Å²) in [5.41, 5.74) is 3.76. The van der Waals surface area contributed by atoms with E-state index in [-0.39, 0.29) is 5.78 Å². The molecule has 0 aliphatic heterocycles. The van der Waals surface area contributed by atoms with Crippen LogP contribution >= 0.6 is 0 Å². The van der Waals surface area contributed by atoms with Crippen molar-refractivity contribution in [3.8, 4) is 0 Å². The molecule has 0 spiro atoms. The second-order valence-corrected chi connectivity index (χ2v) is 5.03. The van der Waals surface area contributed by atoms with E-state index in [4.69, 9.17) is 0 Å². The normalized spacial score (nSPS) is 10.7. The van der Waals surface area contributed by atoms with Crippen LogP contribution in [-0.4, -0.2) is 15.8 Å². The minimum atomic E-state index is 0.110. The molecule has 0 saturated carbocycles. The minimum Gasteiger partial charge on any atom is -0.294 e. The third kappa shape index (κ3) is 3.25. The lowest BCUT2D eigenvalue weighted by molar-refractivity contribution is 0.0991. The number of benzene rings is 1. The number of carbonyl (C=O) groups is 1. The molecular formula is C16H18N2O. The van der Waals surface area contributed by atoms with Gasteiger partial charge in [0.15, 0.2) is 5.78 Å². The zero-order valence-electron chi connectivity index (χ0n) is 11.6. The van der Waals surface area contributed by atoms with Crippen molar-refractivity contribution in [2.45, 2.75) is 33.1 Å². The van der Waals surface area contributed by atoms with Gasteiger partial charge in [-0.2, -0.15) is 0 Å². The van der Waals surface area contributed by atoms with Gasteiger partial charge in [-0.25, -0.2) is 9.97 Å². The Labute approximate surface area is 113 Å². The minimum absolute atomic E-state index is 0.110. The summed E-state index contributed by atoms with van der Waals surface area (Å²) in [6.07, 6.45) is 3.46. The number of aromatic nitrogens is 2. The van der Waals surface area contributed by atoms with Gasteiger partial charge in [-0.05, 0) is 36.1 Å². The van der Waals surface area contributed by atoms with Crippen molar-refractivity contribution >= 4 is 5.78 Å². The van der Waals surface area contributed by atoms with Crippen LogP contribution in [0.3, 0.4) is 0 Å². The molecule has 19 heavy (non-hydrogen) atoms. The van der Waals surface area contributed by atoms with Crippen LogP contribution in [0.5, 0.6) is 0 Å². The summed E-state index contributed by atoms with van der Waals surface area (Å²) in [7, 11) is 0. The van der Waals surface area contributed by atoms with Crippen molar-refractivity contribution < 1.29 is 4.79 Å². The van der Waals surface area contributed by atoms with Gasteiger partial charge in [0.05, 0.1) is 12.1 Å². The maximum Gasteiger partial charge on any atom is 0.169 e. The highest BCUT2D eigenvalue weighted by atomic mass is 16.1. The highest BCUT2D eigenvalue weighted by molar-refractivity contribution is 5.98. The van der Waals surface area contributed by atoms with Gasteiger partial charge in [-0.1, -0.05) is 26.0 Å². The Morgan fingerprint density at radius 2 is 2.05 bits per heavy atom. The molecule has 0 aliphatic rings. The number of ketones is 1. The van der Waals surface area contributed by atoms with E-state index in [9.17, 15) is 4.79 Å². The van der Waals surface area contributed by atoms with Crippen molar-refractivity contribution in [1.82, 2.24) is 9.97 Å². The van der Waals surface area contributed by atoms with Gasteiger partial charge in [0.25, 0.3) is 0 Å². The Morgan fingerprint density at radius 3 is 2.68 bits per heavy atom. The molecule has 0 N–H and O–H groups in total. The van der Waals surface area contributed by atoms with Gasteiger partial charge in [0, 0.05) is 11.8 Å². The fourth-order valence-electron chi connectivity index (χ4n) is 1.98. The van der Waals surface area contributed by atoms with E-state index in [1.54, 1.807) is 12.3 Å². The molecule has 0 amide bonds. The first-order valence-electron chi connectivity index (χ1n) is 6.46. The highest BCUT2D eigenvalue weighted by Crippen LogP contribution is 2.19. The van der Waals surface area contributed by atoms with Crippen LogP contribution in [0.4, 0.5) is 0 Å². The van der Waals surface area contributed by atoms with E-state index in [0.29, 0.717) is 12.3 Å². The van der Waals surface area contributed by atoms with Crippen molar-refractivity contribution in [3.63, 3.8) is 0 Å². The maximum atomic E-state index is 12.3. The molecular weight excluding hydrogens is 236 g/mol. The molecule has 1 aromatic carbocycles. The third-order valence-electron chi connectivity index (χ3n) is 3.21. The maximum absolute atomic E-state index is 12.3. The largest absolute Gasteiger partial charge is 0.294 e. The summed E-state index contributed by atoms with van der Waals surface area (Å²) in [5.74, 6) is 0.532. The van der Waals surface area contributed by atoms with Crippen LogP contribution in [0.25, 0.3) is 0 Å². The smallest absolute Gasteiger partial charge is 0.169 e. The van der Waals surface area contributed by atoms with Gasteiger partial charge in [-0.15, -0.1) is 0 Å². The second kappa shape index (κ2) is 5.74. The van der Waals surface area contributed by atoms with E-state index in [0.717, 1.165) is 16.8 Å². The molecule has 0 unspecified atom stereocenters. The average molecular weight is 254 g/mol. The molecule has 0 atom stereocenters. The molecule has 0 saturated heterocycles. The number of hydrogen-bond acceptors (Lipinski definition) is 3. The number of nitrogens with zero attached hydrogens (tertiary/aromatic N) is 2. The first-order valence-corrected chi connectivity index (χ1v) is 6.46. The summed E-state index contributed by atoms with van der Waals surface area (Å²) in [4.78, 5) is 20.3. The standard InChI is InChI=1S/C16H18N2O/c1-11(2)13-5-4-12(3)15(8-13)16(19)9-14-6-7-17-10-18-14/h4-8,10-11H,9H2,1-3H3. The Morgan fingerprint density at radius 1 is 1.26 bits per heavy atom. The van der Waals surface area contributed by atoms with Crippen molar-refractivity contribution in [1.29, 1.82) is 0 Å². The van der Waals surface area contributed by atoms with Crippen molar-refractivity contribution in [2.75, 3.05) is 0 Å². The van der Waals surface area contributed by atoms with E-state index in [1.165, 1.54) is 11.9 Å². The lowest BCUT2D eigenvalue weighted by atomic mass is 9.94. The van der Waals surface area contributed by atoms with Crippen LogP contribution in [0.15, 0.2) is 36.8 Å². The lowest BCUT2D eigenvalue weighted by Crippen LogP contribution is -2.08. The third-order valence-corrected chi connectivity index (χ3v) is 3.21. The summed E-state index contributed by atoms with van der Waals surface area (Å²) < 4.78 is 0. The molecule has 1 heterocycles. The summed E-state index contributed by atoms with van der Waals surface area (Å²) in [5, 5.41) is 0. The van der Waals surface area contributed by atoms with Gasteiger partial charge in [0.2, 0.25) is 0 Å². The number of rotatable bonds is 4. The number of Topliss-reactive ketones (excluding diaryl/α,β-unsaturated/α-hetero) is 1. The van der Waals surface area contributed by atoms with E-state index in [2.05, 4.69) is 29.9 Å². The fourth-order valence-corrected chi connectivity index (χ4v) is 1.98. The Balaban J connectivity index is 2.26. The molecule has 1 aromatic heterocycles. The Hall–Kier alpha value is -2.03. The first-order chi connectivity index (χ1) is 9.08. The second-order valence-electron chi connectivity index (χ2n) is 5.03. The SMILES string of the molecule is Cc1ccc(C(C)C)cc1C(=O)Cc1ccncn1. The molecule has 0 fully saturated rings. The van der Waals surface area contributed by atoms with Gasteiger partial charge in [-0.3, -0.25) is 4.79 Å². The average Bonchev–Trinajstić information content (AvgIpc) is 2.40. The lowest BCUT2D eigenvalue weighted by Gasteiger charge is -2.10.